The van der Waals surface area contributed by atoms with Crippen LogP contribution in [0.25, 0.3) is 0 Å². The van der Waals surface area contributed by atoms with Crippen LogP contribution in [0, 0.1) is 0 Å². The zero-order chi connectivity index (χ0) is 10.4. The minimum absolute atomic E-state index is 0.781. The van der Waals surface area contributed by atoms with E-state index in [1.54, 1.807) is 0 Å². The summed E-state index contributed by atoms with van der Waals surface area (Å²) < 4.78 is 0. The molecule has 0 fully saturated rings. The van der Waals surface area contributed by atoms with E-state index in [-0.39, 0.29) is 0 Å². The Morgan fingerprint density at radius 3 is 2.23 bits per heavy atom. The summed E-state index contributed by atoms with van der Waals surface area (Å²) >= 11 is 0. The van der Waals surface area contributed by atoms with E-state index in [2.05, 4.69) is 39.3 Å². The quantitative estimate of drug-likeness (QED) is 0.370. The molecular formula is C11H21NSi. The maximum atomic E-state index is 4.49. The predicted octanol–water partition coefficient (Wildman–Crippen LogP) is 2.07. The van der Waals surface area contributed by atoms with Crippen LogP contribution in [-0.4, -0.2) is 22.1 Å². The summed E-state index contributed by atoms with van der Waals surface area (Å²) in [4.78, 5) is 4.49. The summed E-state index contributed by atoms with van der Waals surface area (Å²) in [5.41, 5.74) is 3.79. The van der Waals surface area contributed by atoms with Gasteiger partial charge in [0.05, 0.1) is 16.8 Å². The molecule has 0 aromatic rings. The predicted molar refractivity (Wildman–Crippen MR) is 65.7 cm³/mol. The van der Waals surface area contributed by atoms with Crippen molar-refractivity contribution < 1.29 is 0 Å². The van der Waals surface area contributed by atoms with E-state index in [1.807, 2.05) is 0 Å². The van der Waals surface area contributed by atoms with Gasteiger partial charge in [0.1, 0.15) is 0 Å². The SMILES string of the molecule is C=C(C/N=C(\[SiH3])CC)C(C)=C(C)C. The summed E-state index contributed by atoms with van der Waals surface area (Å²) in [6, 6.07) is 0. The van der Waals surface area contributed by atoms with Crippen molar-refractivity contribution in [1.82, 2.24) is 0 Å². The fraction of sp³-hybridized carbons (Fsp3) is 0.545. The van der Waals surface area contributed by atoms with Gasteiger partial charge in [0.2, 0.25) is 0 Å². The lowest BCUT2D eigenvalue weighted by Crippen LogP contribution is -1.98. The van der Waals surface area contributed by atoms with Gasteiger partial charge in [0.25, 0.3) is 0 Å². The van der Waals surface area contributed by atoms with E-state index >= 15 is 0 Å². The topological polar surface area (TPSA) is 12.4 Å². The molecule has 2 heteroatoms. The standard InChI is InChI=1S/C11H21NSi/c1-6-11(13)12-7-9(4)10(5)8(2)3/h4,6-7H2,1-3,5,13H3/b12-11-. The Kier molecular flexibility index (Phi) is 5.63. The molecule has 0 aromatic heterocycles. The molecule has 0 atom stereocenters. The highest BCUT2D eigenvalue weighted by atomic mass is 28.1. The molecule has 1 nitrogen and oxygen atoms in total. The zero-order valence-electron chi connectivity index (χ0n) is 9.57. The number of hydrogen-bond donors (Lipinski definition) is 0. The molecule has 0 saturated heterocycles. The van der Waals surface area contributed by atoms with Gasteiger partial charge in [-0.2, -0.15) is 0 Å². The molecule has 13 heavy (non-hydrogen) atoms. The first kappa shape index (κ1) is 12.4. The van der Waals surface area contributed by atoms with Crippen molar-refractivity contribution in [2.75, 3.05) is 6.54 Å². The van der Waals surface area contributed by atoms with Gasteiger partial charge in [0.15, 0.2) is 0 Å². The Morgan fingerprint density at radius 2 is 1.85 bits per heavy atom. The molecule has 0 amide bonds. The Bertz CT molecular complexity index is 245. The van der Waals surface area contributed by atoms with Crippen LogP contribution in [0.2, 0.25) is 0 Å². The lowest BCUT2D eigenvalue weighted by atomic mass is 10.1. The summed E-state index contributed by atoms with van der Waals surface area (Å²) in [7, 11) is 1.08. The summed E-state index contributed by atoms with van der Waals surface area (Å²) in [5.74, 6) is 0. The number of allylic oxidation sites excluding steroid dienone is 1. The molecule has 0 rings (SSSR count). The van der Waals surface area contributed by atoms with Crippen molar-refractivity contribution in [3.8, 4) is 0 Å². The van der Waals surface area contributed by atoms with E-state index in [9.17, 15) is 0 Å². The number of aliphatic imine (C=N–C) groups is 1. The molecule has 0 N–H and O–H groups in total. The van der Waals surface area contributed by atoms with Crippen LogP contribution in [0.4, 0.5) is 0 Å². The molecule has 0 bridgehead atoms. The van der Waals surface area contributed by atoms with E-state index in [0.717, 1.165) is 28.8 Å². The van der Waals surface area contributed by atoms with E-state index < -0.39 is 0 Å². The largest absolute Gasteiger partial charge is 0.295 e. The molecule has 0 heterocycles. The molecule has 0 unspecified atom stereocenters. The van der Waals surface area contributed by atoms with Gasteiger partial charge in [-0.3, -0.25) is 4.99 Å². The first-order chi connectivity index (χ1) is 5.99. The molecule has 0 radical (unpaired) electrons. The third-order valence-corrected chi connectivity index (χ3v) is 3.36. The van der Waals surface area contributed by atoms with Gasteiger partial charge < -0.3 is 0 Å². The van der Waals surface area contributed by atoms with Gasteiger partial charge in [0, 0.05) is 0 Å². The highest BCUT2D eigenvalue weighted by Crippen LogP contribution is 2.12. The van der Waals surface area contributed by atoms with Crippen LogP contribution in [0.15, 0.2) is 28.3 Å². The lowest BCUT2D eigenvalue weighted by molar-refractivity contribution is 1.11. The van der Waals surface area contributed by atoms with Crippen molar-refractivity contribution >= 4 is 15.6 Å². The molecule has 0 spiro atoms. The molecule has 0 aliphatic heterocycles. The van der Waals surface area contributed by atoms with Crippen molar-refractivity contribution in [1.29, 1.82) is 0 Å². The average Bonchev–Trinajstić information content (AvgIpc) is 2.11. The van der Waals surface area contributed by atoms with Gasteiger partial charge >= 0.3 is 0 Å². The minimum Gasteiger partial charge on any atom is -0.295 e. The van der Waals surface area contributed by atoms with Crippen molar-refractivity contribution in [3.05, 3.63) is 23.3 Å². The molecule has 0 aliphatic rings. The fourth-order valence-corrected chi connectivity index (χ4v) is 0.972. The van der Waals surface area contributed by atoms with Crippen LogP contribution in [0.1, 0.15) is 34.1 Å². The second-order valence-corrected chi connectivity index (χ2v) is 4.79. The van der Waals surface area contributed by atoms with E-state index in [1.165, 1.54) is 16.5 Å². The molecule has 0 aliphatic carbocycles. The second kappa shape index (κ2) is 5.92. The highest BCUT2D eigenvalue weighted by molar-refractivity contribution is 6.59. The fourth-order valence-electron chi connectivity index (χ4n) is 0.814. The van der Waals surface area contributed by atoms with Crippen LogP contribution < -0.4 is 0 Å². The number of nitrogens with zero attached hydrogens (tertiary/aromatic N) is 1. The maximum Gasteiger partial charge on any atom is 0.0630 e. The average molecular weight is 195 g/mol. The monoisotopic (exact) mass is 195 g/mol. The van der Waals surface area contributed by atoms with Gasteiger partial charge in [-0.05, 0) is 43.7 Å². The van der Waals surface area contributed by atoms with Crippen molar-refractivity contribution in [3.63, 3.8) is 0 Å². The second-order valence-electron chi connectivity index (χ2n) is 3.63. The Hall–Kier alpha value is -0.633. The molecule has 0 aromatic carbocycles. The van der Waals surface area contributed by atoms with Crippen LogP contribution >= 0.6 is 0 Å². The van der Waals surface area contributed by atoms with E-state index in [0.29, 0.717) is 0 Å². The van der Waals surface area contributed by atoms with Crippen molar-refractivity contribution in [2.45, 2.75) is 34.1 Å². The minimum atomic E-state index is 0.781. The normalized spacial score (nSPS) is 11.5. The summed E-state index contributed by atoms with van der Waals surface area (Å²) in [6.45, 7) is 13.3. The van der Waals surface area contributed by atoms with Crippen molar-refractivity contribution in [2.24, 2.45) is 4.99 Å². The first-order valence-electron chi connectivity index (χ1n) is 4.81. The third kappa shape index (κ3) is 4.83. The number of hydrogen-bond acceptors (Lipinski definition) is 1. The van der Waals surface area contributed by atoms with Crippen LogP contribution in [0.5, 0.6) is 0 Å². The smallest absolute Gasteiger partial charge is 0.0630 e. The lowest BCUT2D eigenvalue weighted by Gasteiger charge is -2.05. The first-order valence-corrected chi connectivity index (χ1v) is 5.81. The Labute approximate surface area is 85.1 Å². The number of rotatable bonds is 4. The summed E-state index contributed by atoms with van der Waals surface area (Å²) in [5, 5.41) is 1.34. The van der Waals surface area contributed by atoms with Gasteiger partial charge in [-0.25, -0.2) is 0 Å². The van der Waals surface area contributed by atoms with Gasteiger partial charge in [-0.15, -0.1) is 0 Å². The zero-order valence-corrected chi connectivity index (χ0v) is 11.6. The summed E-state index contributed by atoms with van der Waals surface area (Å²) in [6.07, 6.45) is 1.09. The maximum absolute atomic E-state index is 4.49. The van der Waals surface area contributed by atoms with E-state index in [4.69, 9.17) is 0 Å². The Balaban J connectivity index is 4.27. The van der Waals surface area contributed by atoms with Crippen LogP contribution in [-0.2, 0) is 0 Å². The molecule has 0 saturated carbocycles. The highest BCUT2D eigenvalue weighted by Gasteiger charge is 1.97. The molecular weight excluding hydrogens is 174 g/mol. The Morgan fingerprint density at radius 1 is 1.31 bits per heavy atom. The molecule has 74 valence electrons. The van der Waals surface area contributed by atoms with Gasteiger partial charge in [-0.1, -0.05) is 19.1 Å². The third-order valence-electron chi connectivity index (χ3n) is 2.33. The van der Waals surface area contributed by atoms with Crippen LogP contribution in [0.3, 0.4) is 0 Å².